The van der Waals surface area contributed by atoms with Gasteiger partial charge in [0.05, 0.1) is 11.4 Å². The minimum atomic E-state index is -0.107. The Morgan fingerprint density at radius 2 is 2.15 bits per heavy atom. The molecule has 0 saturated carbocycles. The van der Waals surface area contributed by atoms with Crippen molar-refractivity contribution in [2.24, 2.45) is 5.92 Å². The first-order valence-corrected chi connectivity index (χ1v) is 8.94. The molecule has 1 unspecified atom stereocenters. The molecular formula is C19H23N5O2. The van der Waals surface area contributed by atoms with E-state index in [1.807, 2.05) is 37.3 Å². The standard InChI is InChI=1S/C19H23N5O2/c1-12-3-6-18(23-22-12)24-9-14(10-24)8-20-13(2)15-4-5-17-16(7-15)21-19(25)11-26-17/h3-7,13-14,20H,8-11H2,1-2H3,(H,21,25). The van der Waals surface area contributed by atoms with E-state index < -0.39 is 0 Å². The summed E-state index contributed by atoms with van der Waals surface area (Å²) in [7, 11) is 0. The average Bonchev–Trinajstić information content (AvgIpc) is 2.61. The molecule has 2 N–H and O–H groups in total. The molecule has 1 fully saturated rings. The first-order valence-electron chi connectivity index (χ1n) is 8.94. The summed E-state index contributed by atoms with van der Waals surface area (Å²) in [4.78, 5) is 13.7. The summed E-state index contributed by atoms with van der Waals surface area (Å²) >= 11 is 0. The number of nitrogens with zero attached hydrogens (tertiary/aromatic N) is 3. The van der Waals surface area contributed by atoms with Gasteiger partial charge in [-0.05, 0) is 43.7 Å². The van der Waals surface area contributed by atoms with Gasteiger partial charge < -0.3 is 20.3 Å². The number of aryl methyl sites for hydroxylation is 1. The van der Waals surface area contributed by atoms with Crippen LogP contribution >= 0.6 is 0 Å². The van der Waals surface area contributed by atoms with Gasteiger partial charge in [-0.15, -0.1) is 5.10 Å². The Bertz CT molecular complexity index is 802. The predicted molar refractivity (Wildman–Crippen MR) is 99.5 cm³/mol. The van der Waals surface area contributed by atoms with Crippen LogP contribution in [0.5, 0.6) is 5.75 Å². The molecular weight excluding hydrogens is 330 g/mol. The molecule has 2 aromatic rings. The maximum atomic E-state index is 11.5. The van der Waals surface area contributed by atoms with Gasteiger partial charge in [-0.2, -0.15) is 5.10 Å². The van der Waals surface area contributed by atoms with Gasteiger partial charge in [0.15, 0.2) is 12.4 Å². The Kier molecular flexibility index (Phi) is 4.46. The fourth-order valence-electron chi connectivity index (χ4n) is 3.28. The van der Waals surface area contributed by atoms with Crippen molar-refractivity contribution in [2.45, 2.75) is 19.9 Å². The molecule has 4 rings (SSSR count). The van der Waals surface area contributed by atoms with Crippen LogP contribution in [0, 0.1) is 12.8 Å². The zero-order chi connectivity index (χ0) is 18.1. The second-order valence-corrected chi connectivity index (χ2v) is 7.03. The van der Waals surface area contributed by atoms with E-state index in [4.69, 9.17) is 4.74 Å². The lowest BCUT2D eigenvalue weighted by Gasteiger charge is -2.40. The third kappa shape index (κ3) is 3.48. The predicted octanol–water partition coefficient (Wildman–Crippen LogP) is 1.90. The summed E-state index contributed by atoms with van der Waals surface area (Å²) in [6.07, 6.45) is 0. The van der Waals surface area contributed by atoms with E-state index in [-0.39, 0.29) is 18.6 Å². The second-order valence-electron chi connectivity index (χ2n) is 7.03. The van der Waals surface area contributed by atoms with E-state index in [2.05, 4.69) is 32.7 Å². The van der Waals surface area contributed by atoms with Crippen molar-refractivity contribution in [3.05, 3.63) is 41.6 Å². The fraction of sp³-hybridized carbons (Fsp3) is 0.421. The van der Waals surface area contributed by atoms with Crippen LogP contribution < -0.4 is 20.3 Å². The van der Waals surface area contributed by atoms with Gasteiger partial charge in [0.1, 0.15) is 5.75 Å². The normalized spacial score (nSPS) is 17.8. The van der Waals surface area contributed by atoms with Gasteiger partial charge in [-0.1, -0.05) is 6.07 Å². The van der Waals surface area contributed by atoms with E-state index in [0.29, 0.717) is 5.92 Å². The van der Waals surface area contributed by atoms with E-state index in [1.165, 1.54) is 0 Å². The maximum absolute atomic E-state index is 11.5. The molecule has 0 bridgehead atoms. The van der Waals surface area contributed by atoms with E-state index in [1.54, 1.807) is 0 Å². The van der Waals surface area contributed by atoms with Crippen LogP contribution in [-0.2, 0) is 4.79 Å². The smallest absolute Gasteiger partial charge is 0.262 e. The topological polar surface area (TPSA) is 79.4 Å². The first-order chi connectivity index (χ1) is 12.6. The van der Waals surface area contributed by atoms with Crippen molar-refractivity contribution in [1.82, 2.24) is 15.5 Å². The van der Waals surface area contributed by atoms with Gasteiger partial charge in [-0.3, -0.25) is 4.79 Å². The molecule has 0 spiro atoms. The summed E-state index contributed by atoms with van der Waals surface area (Å²) in [5, 5.41) is 14.8. The SMILES string of the molecule is Cc1ccc(N2CC(CNC(C)c3ccc4c(c3)NC(=O)CO4)C2)nn1. The molecule has 1 amide bonds. The highest BCUT2D eigenvalue weighted by molar-refractivity contribution is 5.95. The van der Waals surface area contributed by atoms with Crippen molar-refractivity contribution in [3.8, 4) is 5.75 Å². The summed E-state index contributed by atoms with van der Waals surface area (Å²) in [5.41, 5.74) is 2.82. The third-order valence-electron chi connectivity index (χ3n) is 4.91. The van der Waals surface area contributed by atoms with Gasteiger partial charge in [-0.25, -0.2) is 0 Å². The minimum absolute atomic E-state index is 0.0870. The van der Waals surface area contributed by atoms with E-state index >= 15 is 0 Å². The van der Waals surface area contributed by atoms with Crippen LogP contribution in [-0.4, -0.2) is 42.3 Å². The lowest BCUT2D eigenvalue weighted by atomic mass is 9.99. The quantitative estimate of drug-likeness (QED) is 0.855. The molecule has 1 saturated heterocycles. The summed E-state index contributed by atoms with van der Waals surface area (Å²) in [5.74, 6) is 2.17. The minimum Gasteiger partial charge on any atom is -0.482 e. The summed E-state index contributed by atoms with van der Waals surface area (Å²) < 4.78 is 5.41. The van der Waals surface area contributed by atoms with Crippen molar-refractivity contribution >= 4 is 17.4 Å². The van der Waals surface area contributed by atoms with Gasteiger partial charge in [0, 0.05) is 31.6 Å². The van der Waals surface area contributed by atoms with Crippen LogP contribution in [0.1, 0.15) is 24.2 Å². The number of hydrogen-bond acceptors (Lipinski definition) is 6. The molecule has 26 heavy (non-hydrogen) atoms. The molecule has 7 nitrogen and oxygen atoms in total. The summed E-state index contributed by atoms with van der Waals surface area (Å²) in [6.45, 7) is 7.09. The summed E-state index contributed by atoms with van der Waals surface area (Å²) in [6, 6.07) is 10.2. The first kappa shape index (κ1) is 16.8. The largest absolute Gasteiger partial charge is 0.482 e. The molecule has 0 aliphatic carbocycles. The van der Waals surface area contributed by atoms with E-state index in [0.717, 1.165) is 48.1 Å². The number of carbonyl (C=O) groups is 1. The molecule has 1 aromatic carbocycles. The van der Waals surface area contributed by atoms with Crippen molar-refractivity contribution in [1.29, 1.82) is 0 Å². The third-order valence-corrected chi connectivity index (χ3v) is 4.91. The number of amides is 1. The van der Waals surface area contributed by atoms with Crippen LogP contribution in [0.15, 0.2) is 30.3 Å². The molecule has 2 aliphatic rings. The molecule has 1 aromatic heterocycles. The number of aromatic nitrogens is 2. The highest BCUT2D eigenvalue weighted by Crippen LogP contribution is 2.30. The number of anilines is 2. The highest BCUT2D eigenvalue weighted by atomic mass is 16.5. The van der Waals surface area contributed by atoms with Crippen molar-refractivity contribution in [2.75, 3.05) is 36.5 Å². The Balaban J connectivity index is 1.28. The zero-order valence-electron chi connectivity index (χ0n) is 15.0. The maximum Gasteiger partial charge on any atom is 0.262 e. The Hall–Kier alpha value is -2.67. The molecule has 1 atom stereocenters. The molecule has 136 valence electrons. The Morgan fingerprint density at radius 1 is 1.31 bits per heavy atom. The Morgan fingerprint density at radius 3 is 2.92 bits per heavy atom. The number of hydrogen-bond donors (Lipinski definition) is 2. The monoisotopic (exact) mass is 353 g/mol. The number of benzene rings is 1. The van der Waals surface area contributed by atoms with Gasteiger partial charge in [0.25, 0.3) is 5.91 Å². The van der Waals surface area contributed by atoms with Crippen LogP contribution in [0.3, 0.4) is 0 Å². The molecule has 0 radical (unpaired) electrons. The van der Waals surface area contributed by atoms with Gasteiger partial charge in [0.2, 0.25) is 0 Å². The van der Waals surface area contributed by atoms with Crippen molar-refractivity contribution in [3.63, 3.8) is 0 Å². The van der Waals surface area contributed by atoms with Crippen LogP contribution in [0.4, 0.5) is 11.5 Å². The molecule has 7 heteroatoms. The second kappa shape index (κ2) is 6.92. The van der Waals surface area contributed by atoms with E-state index in [9.17, 15) is 4.79 Å². The Labute approximate surface area is 152 Å². The zero-order valence-corrected chi connectivity index (χ0v) is 15.0. The number of carbonyl (C=O) groups excluding carboxylic acids is 1. The fourth-order valence-corrected chi connectivity index (χ4v) is 3.28. The molecule has 3 heterocycles. The number of fused-ring (bicyclic) bond motifs is 1. The van der Waals surface area contributed by atoms with Crippen LogP contribution in [0.2, 0.25) is 0 Å². The number of nitrogens with one attached hydrogen (secondary N) is 2. The van der Waals surface area contributed by atoms with Gasteiger partial charge >= 0.3 is 0 Å². The van der Waals surface area contributed by atoms with Crippen LogP contribution in [0.25, 0.3) is 0 Å². The lowest BCUT2D eigenvalue weighted by molar-refractivity contribution is -0.118. The highest BCUT2D eigenvalue weighted by Gasteiger charge is 2.28. The van der Waals surface area contributed by atoms with Crippen molar-refractivity contribution < 1.29 is 9.53 Å². The number of ether oxygens (including phenoxy) is 1. The molecule has 2 aliphatic heterocycles. The number of rotatable bonds is 5. The average molecular weight is 353 g/mol. The lowest BCUT2D eigenvalue weighted by Crippen LogP contribution is -2.51.